The molecule has 0 saturated carbocycles. The second-order valence-electron chi connectivity index (χ2n) is 4.62. The monoisotopic (exact) mass is 252 g/mol. The van der Waals surface area contributed by atoms with Gasteiger partial charge in [-0.15, -0.1) is 0 Å². The summed E-state index contributed by atoms with van der Waals surface area (Å²) in [5.41, 5.74) is 1.43. The van der Waals surface area contributed by atoms with Crippen molar-refractivity contribution in [1.82, 2.24) is 0 Å². The van der Waals surface area contributed by atoms with Crippen LogP contribution >= 0.6 is 11.8 Å². The average Bonchev–Trinajstić information content (AvgIpc) is 2.36. The van der Waals surface area contributed by atoms with Gasteiger partial charge in [0.1, 0.15) is 0 Å². The molecule has 1 nitrogen and oxygen atoms in total. The molecule has 0 amide bonds. The summed E-state index contributed by atoms with van der Waals surface area (Å²) in [6.45, 7) is 5.43. The summed E-state index contributed by atoms with van der Waals surface area (Å²) < 4.78 is 5.20. The Balaban J connectivity index is 2.32. The average molecular weight is 252 g/mol. The van der Waals surface area contributed by atoms with Crippen LogP contribution < -0.4 is 0 Å². The van der Waals surface area contributed by atoms with Crippen molar-refractivity contribution >= 4 is 11.8 Å². The maximum atomic E-state index is 5.20. The van der Waals surface area contributed by atoms with Crippen molar-refractivity contribution in [2.45, 2.75) is 37.7 Å². The van der Waals surface area contributed by atoms with Gasteiger partial charge in [-0.3, -0.25) is 0 Å². The van der Waals surface area contributed by atoms with E-state index in [0.717, 1.165) is 17.6 Å². The minimum absolute atomic E-state index is 0.660. The van der Waals surface area contributed by atoms with Crippen LogP contribution in [0.3, 0.4) is 0 Å². The predicted molar refractivity (Wildman–Crippen MR) is 77.5 cm³/mol. The zero-order chi connectivity index (χ0) is 12.5. The SMILES string of the molecule is CCC(CC(C)COC)SCc1ccccc1. The highest BCUT2D eigenvalue weighted by molar-refractivity contribution is 7.99. The summed E-state index contributed by atoms with van der Waals surface area (Å²) >= 11 is 2.07. The van der Waals surface area contributed by atoms with E-state index in [2.05, 4.69) is 55.9 Å². The molecule has 0 radical (unpaired) electrons. The van der Waals surface area contributed by atoms with Crippen LogP contribution in [0.15, 0.2) is 30.3 Å². The minimum atomic E-state index is 0.660. The lowest BCUT2D eigenvalue weighted by atomic mass is 10.1. The molecule has 0 heterocycles. The molecule has 0 aliphatic heterocycles. The third kappa shape index (κ3) is 6.13. The quantitative estimate of drug-likeness (QED) is 0.679. The van der Waals surface area contributed by atoms with Gasteiger partial charge in [-0.1, -0.05) is 44.2 Å². The fourth-order valence-corrected chi connectivity index (χ4v) is 3.26. The van der Waals surface area contributed by atoms with Crippen molar-refractivity contribution in [3.8, 4) is 0 Å². The van der Waals surface area contributed by atoms with Crippen LogP contribution in [0.25, 0.3) is 0 Å². The van der Waals surface area contributed by atoms with Crippen molar-refractivity contribution in [2.24, 2.45) is 5.92 Å². The van der Waals surface area contributed by atoms with Gasteiger partial charge in [0, 0.05) is 24.7 Å². The van der Waals surface area contributed by atoms with Crippen LogP contribution in [0, 0.1) is 5.92 Å². The Bertz CT molecular complexity index is 286. The summed E-state index contributed by atoms with van der Waals surface area (Å²) in [4.78, 5) is 0. The highest BCUT2D eigenvalue weighted by atomic mass is 32.2. The molecule has 0 saturated heterocycles. The number of thioether (sulfide) groups is 1. The fraction of sp³-hybridized carbons (Fsp3) is 0.600. The minimum Gasteiger partial charge on any atom is -0.384 e. The van der Waals surface area contributed by atoms with E-state index in [9.17, 15) is 0 Å². The Morgan fingerprint density at radius 3 is 2.53 bits per heavy atom. The first-order valence-electron chi connectivity index (χ1n) is 6.40. The van der Waals surface area contributed by atoms with E-state index < -0.39 is 0 Å². The number of benzene rings is 1. The topological polar surface area (TPSA) is 9.23 Å². The first-order chi connectivity index (χ1) is 8.26. The molecule has 17 heavy (non-hydrogen) atoms. The molecule has 0 aliphatic carbocycles. The lowest BCUT2D eigenvalue weighted by Crippen LogP contribution is -2.12. The maximum Gasteiger partial charge on any atom is 0.0488 e. The second-order valence-corrected chi connectivity index (χ2v) is 5.91. The molecule has 0 spiro atoms. The van der Waals surface area contributed by atoms with E-state index in [1.54, 1.807) is 7.11 Å². The summed E-state index contributed by atoms with van der Waals surface area (Å²) in [6, 6.07) is 10.7. The Morgan fingerprint density at radius 2 is 1.94 bits per heavy atom. The Labute approximate surface area is 110 Å². The smallest absolute Gasteiger partial charge is 0.0488 e. The highest BCUT2D eigenvalue weighted by Gasteiger charge is 2.12. The lowest BCUT2D eigenvalue weighted by Gasteiger charge is -2.18. The van der Waals surface area contributed by atoms with E-state index >= 15 is 0 Å². The van der Waals surface area contributed by atoms with Crippen LogP contribution in [0.4, 0.5) is 0 Å². The van der Waals surface area contributed by atoms with Gasteiger partial charge in [0.05, 0.1) is 0 Å². The molecule has 0 N–H and O–H groups in total. The molecular weight excluding hydrogens is 228 g/mol. The van der Waals surface area contributed by atoms with Crippen molar-refractivity contribution < 1.29 is 4.74 Å². The molecule has 0 bridgehead atoms. The van der Waals surface area contributed by atoms with Gasteiger partial charge in [0.25, 0.3) is 0 Å². The van der Waals surface area contributed by atoms with Crippen molar-refractivity contribution in [3.05, 3.63) is 35.9 Å². The molecule has 0 aliphatic rings. The van der Waals surface area contributed by atoms with E-state index in [-0.39, 0.29) is 0 Å². The van der Waals surface area contributed by atoms with E-state index in [0.29, 0.717) is 5.92 Å². The van der Waals surface area contributed by atoms with Crippen molar-refractivity contribution in [2.75, 3.05) is 13.7 Å². The number of methoxy groups -OCH3 is 1. The Hall–Kier alpha value is -0.470. The number of rotatable bonds is 8. The molecule has 0 fully saturated rings. The van der Waals surface area contributed by atoms with E-state index in [4.69, 9.17) is 4.74 Å². The second kappa shape index (κ2) is 8.60. The summed E-state index contributed by atoms with van der Waals surface area (Å²) in [5.74, 6) is 1.78. The van der Waals surface area contributed by atoms with Gasteiger partial charge >= 0.3 is 0 Å². The molecule has 2 atom stereocenters. The zero-order valence-electron chi connectivity index (χ0n) is 11.2. The molecule has 1 aromatic carbocycles. The van der Waals surface area contributed by atoms with Gasteiger partial charge in [0.2, 0.25) is 0 Å². The molecular formula is C15H24OS. The van der Waals surface area contributed by atoms with Crippen LogP contribution in [0.2, 0.25) is 0 Å². The fourth-order valence-electron chi connectivity index (χ4n) is 1.94. The van der Waals surface area contributed by atoms with Crippen LogP contribution in [0.5, 0.6) is 0 Å². The number of ether oxygens (including phenoxy) is 1. The van der Waals surface area contributed by atoms with Crippen molar-refractivity contribution in [3.63, 3.8) is 0 Å². The normalized spacial score (nSPS) is 14.5. The lowest BCUT2D eigenvalue weighted by molar-refractivity contribution is 0.155. The molecule has 1 rings (SSSR count). The van der Waals surface area contributed by atoms with Crippen LogP contribution in [0.1, 0.15) is 32.3 Å². The largest absolute Gasteiger partial charge is 0.384 e. The van der Waals surface area contributed by atoms with E-state index in [1.807, 2.05) is 0 Å². The van der Waals surface area contributed by atoms with Gasteiger partial charge in [0.15, 0.2) is 0 Å². The van der Waals surface area contributed by atoms with Gasteiger partial charge < -0.3 is 4.74 Å². The van der Waals surface area contributed by atoms with Crippen LogP contribution in [-0.4, -0.2) is 19.0 Å². The summed E-state index contributed by atoms with van der Waals surface area (Å²) in [7, 11) is 1.79. The highest BCUT2D eigenvalue weighted by Crippen LogP contribution is 2.25. The first kappa shape index (κ1) is 14.6. The third-order valence-corrected chi connectivity index (χ3v) is 4.40. The predicted octanol–water partition coefficient (Wildman–Crippen LogP) is 4.37. The van der Waals surface area contributed by atoms with Gasteiger partial charge in [-0.25, -0.2) is 0 Å². The van der Waals surface area contributed by atoms with Gasteiger partial charge in [-0.05, 0) is 24.3 Å². The number of hydrogen-bond acceptors (Lipinski definition) is 2. The third-order valence-electron chi connectivity index (χ3n) is 2.90. The van der Waals surface area contributed by atoms with E-state index in [1.165, 1.54) is 18.4 Å². The summed E-state index contributed by atoms with van der Waals surface area (Å²) in [6.07, 6.45) is 2.49. The Morgan fingerprint density at radius 1 is 1.24 bits per heavy atom. The standard InChI is InChI=1S/C15H24OS/c1-4-15(10-13(2)11-16-3)17-12-14-8-6-5-7-9-14/h5-9,13,15H,4,10-12H2,1-3H3. The summed E-state index contributed by atoms with van der Waals surface area (Å²) in [5, 5.41) is 0.750. The number of hydrogen-bond donors (Lipinski definition) is 0. The Kier molecular flexibility index (Phi) is 7.38. The molecule has 2 unspecified atom stereocenters. The first-order valence-corrected chi connectivity index (χ1v) is 7.45. The molecule has 96 valence electrons. The molecule has 2 heteroatoms. The van der Waals surface area contributed by atoms with Crippen LogP contribution in [-0.2, 0) is 10.5 Å². The van der Waals surface area contributed by atoms with Gasteiger partial charge in [-0.2, -0.15) is 11.8 Å². The molecule has 1 aromatic rings. The zero-order valence-corrected chi connectivity index (χ0v) is 12.0. The van der Waals surface area contributed by atoms with Crippen molar-refractivity contribution in [1.29, 1.82) is 0 Å². The molecule has 0 aromatic heterocycles. The maximum absolute atomic E-state index is 5.20.